The van der Waals surface area contributed by atoms with E-state index in [1.54, 1.807) is 0 Å². The van der Waals surface area contributed by atoms with Crippen molar-refractivity contribution in [2.45, 2.75) is 38.4 Å². The molecule has 1 aliphatic heterocycles. The maximum absolute atomic E-state index is 11.8. The van der Waals surface area contributed by atoms with Crippen LogP contribution in [0.1, 0.15) is 26.7 Å². The smallest absolute Gasteiger partial charge is 0.336 e. The third-order valence-electron chi connectivity index (χ3n) is 4.76. The second-order valence-corrected chi connectivity index (χ2v) is 6.00. The highest BCUT2D eigenvalue weighted by Crippen LogP contribution is 2.57. The van der Waals surface area contributed by atoms with E-state index < -0.39 is 11.6 Å². The predicted octanol–water partition coefficient (Wildman–Crippen LogP) is 2.13. The summed E-state index contributed by atoms with van der Waals surface area (Å²) in [6.45, 7) is 7.85. The number of aliphatic hydroxyl groups is 1. The Hall–Kier alpha value is -1.35. The van der Waals surface area contributed by atoms with Crippen LogP contribution >= 0.6 is 0 Å². The largest absolute Gasteiger partial charge is 0.454 e. The summed E-state index contributed by atoms with van der Waals surface area (Å²) in [6, 6.07) is 0. The van der Waals surface area contributed by atoms with Gasteiger partial charge in [0.25, 0.3) is 0 Å². The monoisotopic (exact) mass is 246 g/mol. The van der Waals surface area contributed by atoms with Crippen LogP contribution < -0.4 is 0 Å². The molecule has 3 heteroatoms. The van der Waals surface area contributed by atoms with Crippen LogP contribution in [0, 0.1) is 11.3 Å². The van der Waals surface area contributed by atoms with E-state index in [1.165, 1.54) is 0 Å². The summed E-state index contributed by atoms with van der Waals surface area (Å²) in [5.74, 6) is -0.585. The molecule has 3 rings (SSSR count). The Kier molecular flexibility index (Phi) is 2.18. The molecule has 1 saturated heterocycles. The van der Waals surface area contributed by atoms with E-state index in [9.17, 15) is 9.90 Å². The van der Waals surface area contributed by atoms with E-state index in [0.29, 0.717) is 6.42 Å². The Morgan fingerprint density at radius 2 is 2.22 bits per heavy atom. The molecule has 2 fully saturated rings. The molecule has 1 N–H and O–H groups in total. The molecule has 0 aromatic heterocycles. The number of esters is 1. The van der Waals surface area contributed by atoms with Crippen LogP contribution in [0.4, 0.5) is 0 Å². The molecule has 0 radical (unpaired) electrons. The van der Waals surface area contributed by atoms with Crippen molar-refractivity contribution in [2.75, 3.05) is 0 Å². The molecular formula is C15H18O3. The SMILES string of the molecule is C=C1C(=O)O[C@H]2C=C(C)C=C[C@@]3(C)CC[C@@]1(O)[C@H]23. The molecule has 0 aromatic rings. The van der Waals surface area contributed by atoms with Gasteiger partial charge in [0.1, 0.15) is 11.7 Å². The van der Waals surface area contributed by atoms with E-state index in [2.05, 4.69) is 25.7 Å². The zero-order chi connectivity index (χ0) is 13.1. The van der Waals surface area contributed by atoms with Gasteiger partial charge in [-0.1, -0.05) is 31.2 Å². The summed E-state index contributed by atoms with van der Waals surface area (Å²) >= 11 is 0. The van der Waals surface area contributed by atoms with E-state index in [4.69, 9.17) is 4.74 Å². The normalized spacial score (nSPS) is 46.3. The van der Waals surface area contributed by atoms with Gasteiger partial charge in [0.2, 0.25) is 0 Å². The molecule has 2 aliphatic carbocycles. The molecule has 96 valence electrons. The molecule has 0 unspecified atom stereocenters. The van der Waals surface area contributed by atoms with E-state index in [0.717, 1.165) is 12.0 Å². The number of carbonyl (C=O) groups excluding carboxylic acids is 1. The summed E-state index contributed by atoms with van der Waals surface area (Å²) in [4.78, 5) is 11.8. The highest BCUT2D eigenvalue weighted by Gasteiger charge is 2.62. The third kappa shape index (κ3) is 1.31. The molecule has 1 heterocycles. The Labute approximate surface area is 107 Å². The summed E-state index contributed by atoms with van der Waals surface area (Å²) in [5.41, 5.74) is 0.0319. The average molecular weight is 246 g/mol. The number of ether oxygens (including phenoxy) is 1. The average Bonchev–Trinajstić information content (AvgIpc) is 2.51. The lowest BCUT2D eigenvalue weighted by Crippen LogP contribution is -2.53. The van der Waals surface area contributed by atoms with Gasteiger partial charge in [-0.15, -0.1) is 0 Å². The molecule has 0 amide bonds. The molecule has 0 aromatic carbocycles. The Morgan fingerprint density at radius 3 is 2.94 bits per heavy atom. The van der Waals surface area contributed by atoms with E-state index in [1.807, 2.05) is 13.0 Å². The van der Waals surface area contributed by atoms with Gasteiger partial charge in [0.15, 0.2) is 0 Å². The Bertz CT molecular complexity index is 502. The molecular weight excluding hydrogens is 228 g/mol. The van der Waals surface area contributed by atoms with Crippen LogP contribution in [0.25, 0.3) is 0 Å². The van der Waals surface area contributed by atoms with Crippen molar-refractivity contribution in [2.24, 2.45) is 11.3 Å². The van der Waals surface area contributed by atoms with Gasteiger partial charge in [0.05, 0.1) is 5.57 Å². The van der Waals surface area contributed by atoms with Gasteiger partial charge in [-0.25, -0.2) is 4.79 Å². The summed E-state index contributed by atoms with van der Waals surface area (Å²) in [5, 5.41) is 10.9. The molecule has 0 bridgehead atoms. The minimum absolute atomic E-state index is 0.121. The second-order valence-electron chi connectivity index (χ2n) is 6.00. The summed E-state index contributed by atoms with van der Waals surface area (Å²) < 4.78 is 5.45. The second kappa shape index (κ2) is 3.35. The van der Waals surface area contributed by atoms with Crippen molar-refractivity contribution >= 4 is 5.97 Å². The lowest BCUT2D eigenvalue weighted by atomic mass is 9.69. The lowest BCUT2D eigenvalue weighted by molar-refractivity contribution is -0.164. The fraction of sp³-hybridized carbons (Fsp3) is 0.533. The van der Waals surface area contributed by atoms with E-state index >= 15 is 0 Å². The number of rotatable bonds is 0. The van der Waals surface area contributed by atoms with Crippen LogP contribution in [-0.2, 0) is 9.53 Å². The standard InChI is InChI=1S/C15H18O3/c1-9-4-5-14(3)6-7-15(17)10(2)13(16)18-11(8-9)12(14)15/h4-5,8,11-12,17H,2,6-7H2,1,3H3/t11-,12+,14-,15-/m0/s1. The number of hydrogen-bond acceptors (Lipinski definition) is 3. The first-order chi connectivity index (χ1) is 8.37. The number of allylic oxidation sites excluding steroid dienone is 3. The van der Waals surface area contributed by atoms with Crippen LogP contribution in [0.2, 0.25) is 0 Å². The molecule has 3 nitrogen and oxygen atoms in total. The maximum atomic E-state index is 11.8. The lowest BCUT2D eigenvalue weighted by Gasteiger charge is -2.44. The van der Waals surface area contributed by atoms with Gasteiger partial charge in [0, 0.05) is 5.92 Å². The minimum Gasteiger partial charge on any atom is -0.454 e. The molecule has 3 aliphatic rings. The Morgan fingerprint density at radius 1 is 1.50 bits per heavy atom. The van der Waals surface area contributed by atoms with Gasteiger partial charge in [-0.05, 0) is 31.3 Å². The van der Waals surface area contributed by atoms with Crippen LogP contribution in [0.3, 0.4) is 0 Å². The minimum atomic E-state index is -1.11. The molecule has 4 atom stereocenters. The first kappa shape index (κ1) is 11.7. The topological polar surface area (TPSA) is 46.5 Å². The van der Waals surface area contributed by atoms with E-state index in [-0.39, 0.29) is 23.0 Å². The zero-order valence-corrected chi connectivity index (χ0v) is 10.8. The van der Waals surface area contributed by atoms with Crippen molar-refractivity contribution in [1.82, 2.24) is 0 Å². The van der Waals surface area contributed by atoms with Crippen molar-refractivity contribution in [1.29, 1.82) is 0 Å². The first-order valence-electron chi connectivity index (χ1n) is 6.37. The van der Waals surface area contributed by atoms with Gasteiger partial charge >= 0.3 is 5.97 Å². The van der Waals surface area contributed by atoms with Crippen LogP contribution in [0.5, 0.6) is 0 Å². The van der Waals surface area contributed by atoms with Gasteiger partial charge < -0.3 is 9.84 Å². The Balaban J connectivity index is 2.17. The van der Waals surface area contributed by atoms with Gasteiger partial charge in [-0.3, -0.25) is 0 Å². The molecule has 1 saturated carbocycles. The number of hydrogen-bond donors (Lipinski definition) is 1. The quantitative estimate of drug-likeness (QED) is 0.526. The van der Waals surface area contributed by atoms with Gasteiger partial charge in [-0.2, -0.15) is 0 Å². The summed E-state index contributed by atoms with van der Waals surface area (Å²) in [6.07, 6.45) is 7.21. The summed E-state index contributed by atoms with van der Waals surface area (Å²) in [7, 11) is 0. The van der Waals surface area contributed by atoms with Crippen LogP contribution in [0.15, 0.2) is 36.0 Å². The fourth-order valence-corrected chi connectivity index (χ4v) is 3.70. The predicted molar refractivity (Wildman–Crippen MR) is 67.7 cm³/mol. The van der Waals surface area contributed by atoms with Crippen molar-refractivity contribution < 1.29 is 14.6 Å². The van der Waals surface area contributed by atoms with Crippen LogP contribution in [-0.4, -0.2) is 22.8 Å². The maximum Gasteiger partial charge on any atom is 0.336 e. The third-order valence-corrected chi connectivity index (χ3v) is 4.76. The van der Waals surface area contributed by atoms with Crippen molar-refractivity contribution in [3.63, 3.8) is 0 Å². The molecule has 18 heavy (non-hydrogen) atoms. The van der Waals surface area contributed by atoms with Crippen molar-refractivity contribution in [3.05, 3.63) is 36.0 Å². The zero-order valence-electron chi connectivity index (χ0n) is 10.8. The number of carbonyl (C=O) groups is 1. The highest BCUT2D eigenvalue weighted by atomic mass is 16.5. The first-order valence-corrected chi connectivity index (χ1v) is 6.37. The fourth-order valence-electron chi connectivity index (χ4n) is 3.70. The highest BCUT2D eigenvalue weighted by molar-refractivity contribution is 5.91. The van der Waals surface area contributed by atoms with Crippen molar-refractivity contribution in [3.8, 4) is 0 Å². The molecule has 0 spiro atoms.